The summed E-state index contributed by atoms with van der Waals surface area (Å²) in [5, 5.41) is 0. The van der Waals surface area contributed by atoms with Gasteiger partial charge in [-0.15, -0.1) is 0 Å². The highest BCUT2D eigenvalue weighted by Crippen LogP contribution is 2.53. The molecule has 11 heavy (non-hydrogen) atoms. The Morgan fingerprint density at radius 1 is 1.45 bits per heavy atom. The van der Waals surface area contributed by atoms with E-state index in [1.807, 2.05) is 20.8 Å². The lowest BCUT2D eigenvalue weighted by molar-refractivity contribution is 0.241. The number of rotatable bonds is 5. The molecule has 0 saturated carbocycles. The van der Waals surface area contributed by atoms with E-state index in [2.05, 4.69) is 0 Å². The van der Waals surface area contributed by atoms with Crippen LogP contribution < -0.4 is 0 Å². The number of hydrogen-bond acceptors (Lipinski definition) is 3. The molecule has 0 aliphatic rings. The van der Waals surface area contributed by atoms with E-state index in [-0.39, 0.29) is 0 Å². The highest BCUT2D eigenvalue weighted by atomic mass is 35.7. The summed E-state index contributed by atoms with van der Waals surface area (Å²) in [7, 11) is 0. The van der Waals surface area contributed by atoms with Gasteiger partial charge in [0.2, 0.25) is 0 Å². The van der Waals surface area contributed by atoms with Crippen LogP contribution in [0.1, 0.15) is 20.8 Å². The van der Waals surface area contributed by atoms with Crippen LogP contribution in [0, 0.1) is 5.92 Å². The summed E-state index contributed by atoms with van der Waals surface area (Å²) in [6.07, 6.45) is 0. The van der Waals surface area contributed by atoms with Crippen molar-refractivity contribution in [3.63, 3.8) is 0 Å². The normalized spacial score (nSPS) is 16.8. The molecule has 0 aromatic carbocycles. The van der Waals surface area contributed by atoms with E-state index < -0.39 is 5.84 Å². The van der Waals surface area contributed by atoms with Crippen LogP contribution >= 0.6 is 17.1 Å². The molecule has 0 saturated heterocycles. The molecule has 2 nitrogen and oxygen atoms in total. The minimum absolute atomic E-state index is 0.441. The van der Waals surface area contributed by atoms with Crippen molar-refractivity contribution in [2.45, 2.75) is 20.8 Å². The van der Waals surface area contributed by atoms with Gasteiger partial charge in [-0.05, 0) is 35.9 Å². The first kappa shape index (κ1) is 11.9. The molecule has 0 amide bonds. The Morgan fingerprint density at radius 2 is 2.00 bits per heavy atom. The first-order valence-corrected chi connectivity index (χ1v) is 7.11. The van der Waals surface area contributed by atoms with Crippen LogP contribution in [0.4, 0.5) is 0 Å². The van der Waals surface area contributed by atoms with Crippen LogP contribution in [0.5, 0.6) is 0 Å². The summed E-state index contributed by atoms with van der Waals surface area (Å²) >= 11 is 10.7. The molecule has 0 aliphatic carbocycles. The van der Waals surface area contributed by atoms with Gasteiger partial charge in [0.15, 0.2) is 0 Å². The van der Waals surface area contributed by atoms with Crippen LogP contribution in [0.3, 0.4) is 0 Å². The van der Waals surface area contributed by atoms with E-state index in [1.165, 1.54) is 0 Å². The van der Waals surface area contributed by atoms with Gasteiger partial charge in [-0.1, -0.05) is 13.8 Å². The van der Waals surface area contributed by atoms with Crippen LogP contribution in [-0.2, 0) is 20.9 Å². The Balaban J connectivity index is 3.64. The summed E-state index contributed by atoms with van der Waals surface area (Å²) < 4.78 is 10.2. The molecule has 1 atom stereocenters. The Hall–Kier alpha value is 0.860. The van der Waals surface area contributed by atoms with Gasteiger partial charge in [-0.3, -0.25) is 0 Å². The fraction of sp³-hybridized carbons (Fsp3) is 1.00. The van der Waals surface area contributed by atoms with Crippen molar-refractivity contribution in [1.82, 2.24) is 0 Å². The highest BCUT2D eigenvalue weighted by Gasteiger charge is 2.13. The van der Waals surface area contributed by atoms with E-state index in [0.29, 0.717) is 19.1 Å². The molecule has 0 fully saturated rings. The predicted molar refractivity (Wildman–Crippen MR) is 52.6 cm³/mol. The zero-order chi connectivity index (χ0) is 8.91. The largest absolute Gasteiger partial charge is 0.318 e. The van der Waals surface area contributed by atoms with Gasteiger partial charge < -0.3 is 9.05 Å². The third-order valence-electron chi connectivity index (χ3n) is 0.845. The predicted octanol–water partition coefficient (Wildman–Crippen LogP) is 3.16. The minimum atomic E-state index is -2.44. The second-order valence-electron chi connectivity index (χ2n) is 2.54. The topological polar surface area (TPSA) is 18.5 Å². The maximum atomic E-state index is 5.76. The first-order chi connectivity index (χ1) is 4.98. The zero-order valence-electron chi connectivity index (χ0n) is 7.04. The number of halogens is 1. The summed E-state index contributed by atoms with van der Waals surface area (Å²) in [5.41, 5.74) is 0. The molecule has 68 valence electrons. The van der Waals surface area contributed by atoms with E-state index >= 15 is 0 Å². The maximum Gasteiger partial charge on any atom is 0.281 e. The van der Waals surface area contributed by atoms with Crippen LogP contribution in [0.2, 0.25) is 0 Å². The number of hydrogen-bond donors (Lipinski definition) is 0. The highest BCUT2D eigenvalue weighted by molar-refractivity contribution is 8.22. The van der Waals surface area contributed by atoms with Crippen molar-refractivity contribution in [2.75, 3.05) is 13.2 Å². The van der Waals surface area contributed by atoms with Crippen LogP contribution in [-0.4, -0.2) is 13.2 Å². The third kappa shape index (κ3) is 7.23. The van der Waals surface area contributed by atoms with Gasteiger partial charge in [0.25, 0.3) is 5.84 Å². The summed E-state index contributed by atoms with van der Waals surface area (Å²) in [4.78, 5) is 0. The van der Waals surface area contributed by atoms with Crippen molar-refractivity contribution in [3.8, 4) is 0 Å². The molecule has 0 aliphatic heterocycles. The molecular formula is C6H14ClO2PS. The van der Waals surface area contributed by atoms with Gasteiger partial charge >= 0.3 is 0 Å². The van der Waals surface area contributed by atoms with Gasteiger partial charge in [0.1, 0.15) is 0 Å². The lowest BCUT2D eigenvalue weighted by Gasteiger charge is -2.15. The first-order valence-electron chi connectivity index (χ1n) is 3.56. The zero-order valence-corrected chi connectivity index (χ0v) is 9.51. The summed E-state index contributed by atoms with van der Waals surface area (Å²) in [5.74, 6) is -2.00. The van der Waals surface area contributed by atoms with Crippen molar-refractivity contribution in [2.24, 2.45) is 5.92 Å². The van der Waals surface area contributed by atoms with E-state index in [4.69, 9.17) is 32.1 Å². The van der Waals surface area contributed by atoms with E-state index in [1.54, 1.807) is 0 Å². The molecule has 0 aromatic rings. The van der Waals surface area contributed by atoms with E-state index in [9.17, 15) is 0 Å². The second-order valence-corrected chi connectivity index (χ2v) is 7.29. The average Bonchev–Trinajstić information content (AvgIpc) is 1.84. The quantitative estimate of drug-likeness (QED) is 0.658. The van der Waals surface area contributed by atoms with Gasteiger partial charge in [-0.25, -0.2) is 0 Å². The second kappa shape index (κ2) is 5.50. The standard InChI is InChI=1S/C6H14ClO2PS/c1-4-8-10(7,11)9-5-6(2)3/h6H,4-5H2,1-3H3. The van der Waals surface area contributed by atoms with Gasteiger partial charge in [-0.2, -0.15) is 0 Å². The monoisotopic (exact) mass is 216 g/mol. The maximum absolute atomic E-state index is 5.76. The molecule has 0 heterocycles. The molecule has 0 radical (unpaired) electrons. The molecule has 0 aromatic heterocycles. The Labute approximate surface area is 78.2 Å². The SMILES string of the molecule is CCOP(=S)(Cl)OCC(C)C. The van der Waals surface area contributed by atoms with Crippen molar-refractivity contribution < 1.29 is 9.05 Å². The third-order valence-corrected chi connectivity index (χ3v) is 3.09. The van der Waals surface area contributed by atoms with Gasteiger partial charge in [0.05, 0.1) is 13.2 Å². The summed E-state index contributed by atoms with van der Waals surface area (Å²) in [6, 6.07) is 0. The molecule has 0 N–H and O–H groups in total. The minimum Gasteiger partial charge on any atom is -0.318 e. The van der Waals surface area contributed by atoms with Crippen molar-refractivity contribution >= 4 is 28.9 Å². The van der Waals surface area contributed by atoms with Crippen molar-refractivity contribution in [1.29, 1.82) is 0 Å². The fourth-order valence-electron chi connectivity index (χ4n) is 0.430. The Morgan fingerprint density at radius 3 is 2.36 bits per heavy atom. The summed E-state index contributed by atoms with van der Waals surface area (Å²) in [6.45, 7) is 7.01. The Kier molecular flexibility index (Phi) is 5.93. The molecular weight excluding hydrogens is 203 g/mol. The fourth-order valence-corrected chi connectivity index (χ4v) is 2.25. The smallest absolute Gasteiger partial charge is 0.281 e. The lowest BCUT2D eigenvalue weighted by Crippen LogP contribution is -1.99. The molecule has 5 heteroatoms. The average molecular weight is 217 g/mol. The molecule has 0 rings (SSSR count). The van der Waals surface area contributed by atoms with Crippen LogP contribution in [0.15, 0.2) is 0 Å². The molecule has 0 bridgehead atoms. The van der Waals surface area contributed by atoms with Gasteiger partial charge in [0, 0.05) is 0 Å². The molecule has 0 spiro atoms. The Bertz CT molecular complexity index is 152. The lowest BCUT2D eigenvalue weighted by atomic mass is 10.2. The van der Waals surface area contributed by atoms with E-state index in [0.717, 1.165) is 0 Å². The van der Waals surface area contributed by atoms with Crippen LogP contribution in [0.25, 0.3) is 0 Å². The van der Waals surface area contributed by atoms with Crippen molar-refractivity contribution in [3.05, 3.63) is 0 Å². The molecule has 1 unspecified atom stereocenters.